The van der Waals surface area contributed by atoms with E-state index in [1.807, 2.05) is 0 Å². The number of halogens is 1. The zero-order valence-electron chi connectivity index (χ0n) is 11.7. The molecule has 1 aromatic rings. The van der Waals surface area contributed by atoms with Gasteiger partial charge in [0.2, 0.25) is 10.0 Å². The molecule has 1 unspecified atom stereocenters. The Labute approximate surface area is 129 Å². The van der Waals surface area contributed by atoms with Crippen LogP contribution in [0.25, 0.3) is 0 Å². The Bertz CT molecular complexity index is 586. The van der Waals surface area contributed by atoms with Gasteiger partial charge in [0.05, 0.1) is 11.5 Å². The van der Waals surface area contributed by atoms with Gasteiger partial charge < -0.3 is 5.11 Å². The van der Waals surface area contributed by atoms with Crippen LogP contribution in [0.3, 0.4) is 0 Å². The summed E-state index contributed by atoms with van der Waals surface area (Å²) in [5.74, 6) is 0.909. The van der Waals surface area contributed by atoms with Crippen molar-refractivity contribution in [3.8, 4) is 0 Å². The summed E-state index contributed by atoms with van der Waals surface area (Å²) in [7, 11) is -3.49. The zero-order chi connectivity index (χ0) is 14.9. The average molecular weight is 362 g/mol. The molecular weight excluding hydrogens is 342 g/mol. The molecular formula is C14H20BrNO3S. The van der Waals surface area contributed by atoms with E-state index in [2.05, 4.69) is 29.8 Å². The Morgan fingerprint density at radius 2 is 2.15 bits per heavy atom. The van der Waals surface area contributed by atoms with Gasteiger partial charge in [-0.15, -0.1) is 0 Å². The van der Waals surface area contributed by atoms with Crippen LogP contribution in [0.1, 0.15) is 25.8 Å². The van der Waals surface area contributed by atoms with Crippen molar-refractivity contribution in [2.75, 3.05) is 13.1 Å². The van der Waals surface area contributed by atoms with Crippen LogP contribution in [0.15, 0.2) is 27.6 Å². The van der Waals surface area contributed by atoms with E-state index >= 15 is 0 Å². The number of nitrogens with zero attached hydrogens (tertiary/aromatic N) is 1. The minimum absolute atomic E-state index is 0.162. The lowest BCUT2D eigenvalue weighted by molar-refractivity contribution is 0.281. The fourth-order valence-corrected chi connectivity index (χ4v) is 4.99. The van der Waals surface area contributed by atoms with Gasteiger partial charge in [-0.2, -0.15) is 4.31 Å². The maximum atomic E-state index is 12.7. The summed E-state index contributed by atoms with van der Waals surface area (Å²) >= 11 is 3.30. The number of rotatable bonds is 4. The van der Waals surface area contributed by atoms with Gasteiger partial charge >= 0.3 is 0 Å². The summed E-state index contributed by atoms with van der Waals surface area (Å²) in [5.41, 5.74) is 0.603. The molecule has 1 fully saturated rings. The van der Waals surface area contributed by atoms with E-state index in [1.165, 1.54) is 0 Å². The number of benzene rings is 1. The largest absolute Gasteiger partial charge is 0.392 e. The molecule has 0 radical (unpaired) electrons. The second-order valence-corrected chi connectivity index (χ2v) is 8.34. The molecule has 1 aliphatic heterocycles. The van der Waals surface area contributed by atoms with Crippen LogP contribution >= 0.6 is 15.9 Å². The number of hydrogen-bond acceptors (Lipinski definition) is 3. The summed E-state index contributed by atoms with van der Waals surface area (Å²) < 4.78 is 27.5. The molecule has 1 heterocycles. The van der Waals surface area contributed by atoms with Crippen molar-refractivity contribution in [1.82, 2.24) is 4.31 Å². The number of aliphatic hydroxyl groups excluding tert-OH is 1. The molecule has 0 aliphatic carbocycles. The minimum Gasteiger partial charge on any atom is -0.392 e. The van der Waals surface area contributed by atoms with Gasteiger partial charge in [-0.25, -0.2) is 8.42 Å². The Morgan fingerprint density at radius 1 is 1.45 bits per heavy atom. The molecule has 0 amide bonds. The normalized spacial score (nSPS) is 20.8. The van der Waals surface area contributed by atoms with Gasteiger partial charge in [-0.05, 0) is 51.9 Å². The van der Waals surface area contributed by atoms with Crippen molar-refractivity contribution in [3.63, 3.8) is 0 Å². The maximum absolute atomic E-state index is 12.7. The third-order valence-corrected chi connectivity index (χ3v) is 6.79. The first-order chi connectivity index (χ1) is 9.36. The molecule has 0 saturated carbocycles. The summed E-state index contributed by atoms with van der Waals surface area (Å²) in [6.07, 6.45) is 0.911. The summed E-state index contributed by atoms with van der Waals surface area (Å²) in [5, 5.41) is 9.18. The first kappa shape index (κ1) is 15.9. The minimum atomic E-state index is -3.49. The smallest absolute Gasteiger partial charge is 0.244 e. The molecule has 112 valence electrons. The van der Waals surface area contributed by atoms with E-state index < -0.39 is 10.0 Å². The second-order valence-electron chi connectivity index (χ2n) is 5.58. The Balaban J connectivity index is 2.32. The van der Waals surface area contributed by atoms with Gasteiger partial charge in [-0.1, -0.05) is 19.9 Å². The molecule has 1 aromatic carbocycles. The maximum Gasteiger partial charge on any atom is 0.244 e. The number of aliphatic hydroxyl groups is 1. The predicted molar refractivity (Wildman–Crippen MR) is 81.8 cm³/mol. The third-order valence-electron chi connectivity index (χ3n) is 3.93. The van der Waals surface area contributed by atoms with Crippen LogP contribution in [0.2, 0.25) is 0 Å². The topological polar surface area (TPSA) is 57.6 Å². The summed E-state index contributed by atoms with van der Waals surface area (Å²) in [4.78, 5) is 0.244. The highest BCUT2D eigenvalue weighted by atomic mass is 79.9. The lowest BCUT2D eigenvalue weighted by Crippen LogP contribution is -2.29. The van der Waals surface area contributed by atoms with Crippen molar-refractivity contribution < 1.29 is 13.5 Å². The van der Waals surface area contributed by atoms with E-state index in [-0.39, 0.29) is 11.5 Å². The van der Waals surface area contributed by atoms with Gasteiger partial charge in [-0.3, -0.25) is 0 Å². The van der Waals surface area contributed by atoms with Crippen molar-refractivity contribution >= 4 is 26.0 Å². The molecule has 0 spiro atoms. The Morgan fingerprint density at radius 3 is 2.70 bits per heavy atom. The van der Waals surface area contributed by atoms with Crippen LogP contribution in [0.5, 0.6) is 0 Å². The van der Waals surface area contributed by atoms with Gasteiger partial charge in [0, 0.05) is 17.6 Å². The van der Waals surface area contributed by atoms with Crippen LogP contribution in [0, 0.1) is 11.8 Å². The van der Waals surface area contributed by atoms with E-state index in [9.17, 15) is 13.5 Å². The first-order valence-corrected chi connectivity index (χ1v) is 8.99. The fourth-order valence-electron chi connectivity index (χ4n) is 2.50. The molecule has 1 N–H and O–H groups in total. The predicted octanol–water partition coefficient (Wildman–Crippen LogP) is 2.61. The number of sulfonamides is 1. The lowest BCUT2D eigenvalue weighted by Gasteiger charge is -2.19. The quantitative estimate of drug-likeness (QED) is 0.896. The molecule has 1 aliphatic rings. The van der Waals surface area contributed by atoms with Crippen LogP contribution < -0.4 is 0 Å². The highest BCUT2D eigenvalue weighted by molar-refractivity contribution is 9.10. The zero-order valence-corrected chi connectivity index (χ0v) is 14.1. The van der Waals surface area contributed by atoms with Crippen molar-refractivity contribution in [1.29, 1.82) is 0 Å². The summed E-state index contributed by atoms with van der Waals surface area (Å²) in [6.45, 7) is 5.24. The SMILES string of the molecule is CC(C)C1CCN(S(=O)(=O)c2cc(CO)ccc2Br)C1. The van der Waals surface area contributed by atoms with Crippen LogP contribution in [-0.2, 0) is 16.6 Å². The van der Waals surface area contributed by atoms with Gasteiger partial charge in [0.15, 0.2) is 0 Å². The van der Waals surface area contributed by atoms with Crippen molar-refractivity contribution in [2.45, 2.75) is 31.8 Å². The van der Waals surface area contributed by atoms with Crippen LogP contribution in [-0.4, -0.2) is 30.9 Å². The monoisotopic (exact) mass is 361 g/mol. The Hall–Kier alpha value is -0.430. The van der Waals surface area contributed by atoms with Crippen molar-refractivity contribution in [2.24, 2.45) is 11.8 Å². The molecule has 0 aromatic heterocycles. The highest BCUT2D eigenvalue weighted by Crippen LogP contribution is 2.32. The standard InChI is InChI=1S/C14H20BrNO3S/c1-10(2)12-5-6-16(8-12)20(18,19)14-7-11(9-17)3-4-13(14)15/h3-4,7,10,12,17H,5-6,8-9H2,1-2H3. The fraction of sp³-hybridized carbons (Fsp3) is 0.571. The molecule has 1 atom stereocenters. The average Bonchev–Trinajstić information content (AvgIpc) is 2.89. The second kappa shape index (κ2) is 6.13. The summed E-state index contributed by atoms with van der Waals surface area (Å²) in [6, 6.07) is 4.93. The third kappa shape index (κ3) is 3.08. The molecule has 6 heteroatoms. The molecule has 20 heavy (non-hydrogen) atoms. The van der Waals surface area contributed by atoms with Crippen molar-refractivity contribution in [3.05, 3.63) is 28.2 Å². The molecule has 4 nitrogen and oxygen atoms in total. The highest BCUT2D eigenvalue weighted by Gasteiger charge is 2.34. The number of hydrogen-bond donors (Lipinski definition) is 1. The lowest BCUT2D eigenvalue weighted by atomic mass is 9.96. The van der Waals surface area contributed by atoms with E-state index in [0.717, 1.165) is 6.42 Å². The van der Waals surface area contributed by atoms with Crippen LogP contribution in [0.4, 0.5) is 0 Å². The Kier molecular flexibility index (Phi) is 4.89. The molecule has 1 saturated heterocycles. The van der Waals surface area contributed by atoms with E-state index in [4.69, 9.17) is 0 Å². The molecule has 0 bridgehead atoms. The van der Waals surface area contributed by atoms with E-state index in [1.54, 1.807) is 22.5 Å². The molecule has 2 rings (SSSR count). The first-order valence-electron chi connectivity index (χ1n) is 6.75. The van der Waals surface area contributed by atoms with Gasteiger partial charge in [0.25, 0.3) is 0 Å². The van der Waals surface area contributed by atoms with E-state index in [0.29, 0.717) is 35.0 Å². The van der Waals surface area contributed by atoms with Gasteiger partial charge in [0.1, 0.15) is 0 Å².